The van der Waals surface area contributed by atoms with Crippen LogP contribution in [-0.2, 0) is 22.1 Å². The van der Waals surface area contributed by atoms with Crippen LogP contribution in [0.1, 0.15) is 21.6 Å². The summed E-state index contributed by atoms with van der Waals surface area (Å²) < 4.78 is 49.5. The van der Waals surface area contributed by atoms with Gasteiger partial charge < -0.3 is 14.4 Å². The summed E-state index contributed by atoms with van der Waals surface area (Å²) in [4.78, 5) is 29.5. The molecule has 6 nitrogen and oxygen atoms in total. The largest absolute Gasteiger partial charge is 0.496 e. The molecule has 0 fully saturated rings. The van der Waals surface area contributed by atoms with Gasteiger partial charge in [-0.15, -0.1) is 0 Å². The summed E-state index contributed by atoms with van der Waals surface area (Å²) >= 11 is 0. The van der Waals surface area contributed by atoms with Crippen molar-refractivity contribution in [2.24, 2.45) is 0 Å². The van der Waals surface area contributed by atoms with Crippen molar-refractivity contribution in [1.82, 2.24) is 9.88 Å². The van der Waals surface area contributed by atoms with Gasteiger partial charge in [-0.25, -0.2) is 4.79 Å². The molecule has 1 aromatic carbocycles. The van der Waals surface area contributed by atoms with Crippen molar-refractivity contribution in [1.29, 1.82) is 0 Å². The minimum absolute atomic E-state index is 0.0404. The molecular weight excluding hydrogens is 377 g/mol. The molecule has 0 bridgehead atoms. The molecule has 0 atom stereocenters. The molecule has 9 heteroatoms. The van der Waals surface area contributed by atoms with Gasteiger partial charge in [0.05, 0.1) is 37.5 Å². The molecule has 0 N–H and O–H groups in total. The first-order chi connectivity index (χ1) is 13.1. The minimum atomic E-state index is -4.58. The van der Waals surface area contributed by atoms with Crippen LogP contribution < -0.4 is 4.74 Å². The summed E-state index contributed by atoms with van der Waals surface area (Å²) in [7, 11) is 5.60. The molecular formula is C19H19F3N2O4. The molecule has 0 spiro atoms. The van der Waals surface area contributed by atoms with Crippen LogP contribution in [0.3, 0.4) is 0 Å². The molecule has 28 heavy (non-hydrogen) atoms. The van der Waals surface area contributed by atoms with Gasteiger partial charge in [-0.1, -0.05) is 0 Å². The van der Waals surface area contributed by atoms with E-state index >= 15 is 0 Å². The average Bonchev–Trinajstić information content (AvgIpc) is 2.65. The van der Waals surface area contributed by atoms with Gasteiger partial charge in [-0.2, -0.15) is 13.2 Å². The second kappa shape index (κ2) is 8.28. The Hall–Kier alpha value is -3.10. The number of hydrogen-bond donors (Lipinski definition) is 0. The fourth-order valence-corrected chi connectivity index (χ4v) is 2.50. The number of likely N-dealkylation sites (N-methyl/N-ethyl adjacent to an activating group) is 1. The summed E-state index contributed by atoms with van der Waals surface area (Å²) in [5.74, 6) is -0.887. The maximum Gasteiger partial charge on any atom is 0.416 e. The quantitative estimate of drug-likeness (QED) is 0.726. The highest BCUT2D eigenvalue weighted by atomic mass is 19.4. The van der Waals surface area contributed by atoms with Crippen molar-refractivity contribution in [2.45, 2.75) is 12.6 Å². The predicted molar refractivity (Wildman–Crippen MR) is 95.0 cm³/mol. The van der Waals surface area contributed by atoms with Crippen LogP contribution >= 0.6 is 0 Å². The van der Waals surface area contributed by atoms with E-state index < -0.39 is 17.7 Å². The fraction of sp³-hybridized carbons (Fsp3) is 0.316. The van der Waals surface area contributed by atoms with Gasteiger partial charge in [-0.3, -0.25) is 9.78 Å². The lowest BCUT2D eigenvalue weighted by Crippen LogP contribution is -2.24. The number of carbonyl (C=O) groups excluding carboxylic acids is 2. The van der Waals surface area contributed by atoms with E-state index in [1.54, 1.807) is 14.1 Å². The monoisotopic (exact) mass is 396 g/mol. The van der Waals surface area contributed by atoms with Crippen molar-refractivity contribution in [3.8, 4) is 16.9 Å². The Bertz CT molecular complexity index is 895. The molecule has 0 aliphatic heterocycles. The van der Waals surface area contributed by atoms with Crippen LogP contribution in [0.25, 0.3) is 11.1 Å². The second-order valence-electron chi connectivity index (χ2n) is 6.09. The van der Waals surface area contributed by atoms with E-state index in [2.05, 4.69) is 4.98 Å². The number of alkyl halides is 3. The molecule has 2 rings (SSSR count). The third-order valence-corrected chi connectivity index (χ3v) is 4.01. The maximum atomic E-state index is 13.2. The van der Waals surface area contributed by atoms with E-state index in [9.17, 15) is 22.8 Å². The van der Waals surface area contributed by atoms with Crippen molar-refractivity contribution in [3.05, 3.63) is 47.3 Å². The Morgan fingerprint density at radius 2 is 1.79 bits per heavy atom. The Kier molecular flexibility index (Phi) is 6.27. The Morgan fingerprint density at radius 3 is 2.32 bits per heavy atom. The highest BCUT2D eigenvalue weighted by molar-refractivity contribution is 5.98. The number of rotatable bonds is 5. The lowest BCUT2D eigenvalue weighted by molar-refractivity contribution is -0.137. The molecule has 0 saturated heterocycles. The lowest BCUT2D eigenvalue weighted by Gasteiger charge is -2.16. The summed E-state index contributed by atoms with van der Waals surface area (Å²) in [6.07, 6.45) is -3.48. The SMILES string of the molecule is COC(=O)c1cnc(CC(=O)N(C)C)cc1-c1cc(C(F)(F)F)ccc1OC. The van der Waals surface area contributed by atoms with Crippen LogP contribution in [0.2, 0.25) is 0 Å². The maximum absolute atomic E-state index is 13.2. The van der Waals surface area contributed by atoms with Gasteiger partial charge in [-0.05, 0) is 24.3 Å². The highest BCUT2D eigenvalue weighted by Crippen LogP contribution is 2.38. The second-order valence-corrected chi connectivity index (χ2v) is 6.09. The van der Waals surface area contributed by atoms with Crippen molar-refractivity contribution in [3.63, 3.8) is 0 Å². The highest BCUT2D eigenvalue weighted by Gasteiger charge is 2.32. The standard InChI is InChI=1S/C19H19F3N2O4/c1-24(2)17(25)9-12-8-13(15(10-23-12)18(26)28-4)14-7-11(19(20,21)22)5-6-16(14)27-3/h5-8,10H,9H2,1-4H3. The molecule has 1 heterocycles. The van der Waals surface area contributed by atoms with E-state index in [-0.39, 0.29) is 34.8 Å². The van der Waals surface area contributed by atoms with Crippen LogP contribution in [0.15, 0.2) is 30.5 Å². The van der Waals surface area contributed by atoms with Gasteiger partial charge in [0.15, 0.2) is 0 Å². The van der Waals surface area contributed by atoms with Gasteiger partial charge in [0, 0.05) is 31.4 Å². The van der Waals surface area contributed by atoms with Gasteiger partial charge in [0.2, 0.25) is 5.91 Å². The summed E-state index contributed by atoms with van der Waals surface area (Å²) in [6, 6.07) is 4.34. The molecule has 0 saturated carbocycles. The number of benzene rings is 1. The zero-order valence-corrected chi connectivity index (χ0v) is 15.8. The zero-order valence-electron chi connectivity index (χ0n) is 15.8. The molecule has 150 valence electrons. The van der Waals surface area contributed by atoms with Crippen molar-refractivity contribution >= 4 is 11.9 Å². The van der Waals surface area contributed by atoms with Crippen molar-refractivity contribution in [2.75, 3.05) is 28.3 Å². The topological polar surface area (TPSA) is 68.7 Å². The minimum Gasteiger partial charge on any atom is -0.496 e. The third kappa shape index (κ3) is 4.59. The number of ether oxygens (including phenoxy) is 2. The Morgan fingerprint density at radius 1 is 1.11 bits per heavy atom. The number of methoxy groups -OCH3 is 2. The first kappa shape index (κ1) is 21.2. The number of carbonyl (C=O) groups is 2. The van der Waals surface area contributed by atoms with Gasteiger partial charge in [0.1, 0.15) is 5.75 Å². The number of halogens is 3. The predicted octanol–water partition coefficient (Wildman–Crippen LogP) is 3.19. The number of nitrogens with zero attached hydrogens (tertiary/aromatic N) is 2. The summed E-state index contributed by atoms with van der Waals surface area (Å²) in [5.41, 5.74) is -0.478. The van der Waals surface area contributed by atoms with Crippen molar-refractivity contribution < 1.29 is 32.2 Å². The zero-order chi connectivity index (χ0) is 21.1. The molecule has 2 aromatic rings. The molecule has 0 aliphatic carbocycles. The van der Waals surface area contributed by atoms with E-state index in [4.69, 9.17) is 9.47 Å². The van der Waals surface area contributed by atoms with Crippen LogP contribution in [0.4, 0.5) is 13.2 Å². The van der Waals surface area contributed by atoms with Crippen LogP contribution in [0.5, 0.6) is 5.75 Å². The molecule has 0 radical (unpaired) electrons. The van der Waals surface area contributed by atoms with Gasteiger partial charge in [0.25, 0.3) is 0 Å². The number of hydrogen-bond acceptors (Lipinski definition) is 5. The number of pyridine rings is 1. The smallest absolute Gasteiger partial charge is 0.416 e. The molecule has 1 amide bonds. The van der Waals surface area contributed by atoms with Crippen LogP contribution in [-0.4, -0.2) is 50.1 Å². The average molecular weight is 396 g/mol. The Labute approximate surface area is 159 Å². The lowest BCUT2D eigenvalue weighted by atomic mass is 9.97. The number of aromatic nitrogens is 1. The first-order valence-electron chi connectivity index (χ1n) is 8.11. The third-order valence-electron chi connectivity index (χ3n) is 4.01. The Balaban J connectivity index is 2.70. The van der Waals surface area contributed by atoms with E-state index in [1.807, 2.05) is 0 Å². The van der Waals surface area contributed by atoms with E-state index in [0.717, 1.165) is 19.2 Å². The van der Waals surface area contributed by atoms with E-state index in [0.29, 0.717) is 5.69 Å². The molecule has 0 unspecified atom stereocenters. The number of amides is 1. The normalized spacial score (nSPS) is 11.1. The first-order valence-corrected chi connectivity index (χ1v) is 8.11. The summed E-state index contributed by atoms with van der Waals surface area (Å²) in [5, 5.41) is 0. The fourth-order valence-electron chi connectivity index (χ4n) is 2.50. The number of esters is 1. The van der Waals surface area contributed by atoms with Gasteiger partial charge >= 0.3 is 12.1 Å². The molecule has 1 aromatic heterocycles. The molecule has 0 aliphatic rings. The van der Waals surface area contributed by atoms with E-state index in [1.165, 1.54) is 30.3 Å². The summed E-state index contributed by atoms with van der Waals surface area (Å²) in [6.45, 7) is 0. The van der Waals surface area contributed by atoms with Crippen LogP contribution in [0, 0.1) is 0 Å².